The Morgan fingerprint density at radius 3 is 3.00 bits per heavy atom. The van der Waals surface area contributed by atoms with Crippen LogP contribution in [0.25, 0.3) is 10.2 Å². The van der Waals surface area contributed by atoms with Gasteiger partial charge < -0.3 is 10.5 Å². The van der Waals surface area contributed by atoms with Gasteiger partial charge in [-0.2, -0.15) is 4.98 Å². The average molecular weight is 261 g/mol. The molecule has 0 fully saturated rings. The van der Waals surface area contributed by atoms with Gasteiger partial charge in [-0.05, 0) is 23.6 Å². The quantitative estimate of drug-likeness (QED) is 0.719. The molecular weight excluding hydrogens is 253 g/mol. The Hall–Kier alpha value is -2.21. The fourth-order valence-electron chi connectivity index (χ4n) is 1.51. The molecule has 0 bridgehead atoms. The fraction of sp³-hybridized carbons (Fsp3) is 0. The summed E-state index contributed by atoms with van der Waals surface area (Å²) in [5.74, 6) is -0.585. The zero-order chi connectivity index (χ0) is 12.5. The van der Waals surface area contributed by atoms with E-state index < -0.39 is 5.82 Å². The summed E-state index contributed by atoms with van der Waals surface area (Å²) in [5.41, 5.74) is 5.86. The van der Waals surface area contributed by atoms with Crippen LogP contribution in [0.15, 0.2) is 35.8 Å². The summed E-state index contributed by atoms with van der Waals surface area (Å²) in [6.07, 6.45) is 1.63. The molecule has 6 heteroatoms. The van der Waals surface area contributed by atoms with Crippen LogP contribution in [-0.2, 0) is 0 Å². The van der Waals surface area contributed by atoms with E-state index in [0.29, 0.717) is 0 Å². The lowest BCUT2D eigenvalue weighted by Crippen LogP contribution is -1.97. The number of aromatic nitrogens is 2. The van der Waals surface area contributed by atoms with Crippen LogP contribution in [-0.4, -0.2) is 9.97 Å². The van der Waals surface area contributed by atoms with Gasteiger partial charge in [-0.1, -0.05) is 6.07 Å². The summed E-state index contributed by atoms with van der Waals surface area (Å²) >= 11 is 1.46. The number of nitrogens with two attached hydrogens (primary N) is 1. The number of fused-ring (bicyclic) bond motifs is 1. The highest BCUT2D eigenvalue weighted by atomic mass is 32.1. The molecule has 4 nitrogen and oxygen atoms in total. The second-order valence-electron chi connectivity index (χ2n) is 3.59. The highest BCUT2D eigenvalue weighted by Crippen LogP contribution is 2.29. The molecule has 0 aliphatic rings. The van der Waals surface area contributed by atoms with Gasteiger partial charge in [-0.3, -0.25) is 0 Å². The van der Waals surface area contributed by atoms with Crippen LogP contribution >= 0.6 is 11.3 Å². The number of nitrogens with zero attached hydrogens (tertiary/aromatic N) is 2. The van der Waals surface area contributed by atoms with Gasteiger partial charge in [0.2, 0.25) is 0 Å². The molecule has 3 rings (SSSR count). The third-order valence-electron chi connectivity index (χ3n) is 2.38. The largest absolute Gasteiger partial charge is 0.419 e. The third-order valence-corrected chi connectivity index (χ3v) is 3.20. The average Bonchev–Trinajstić information content (AvgIpc) is 2.81. The Bertz CT molecular complexity index is 693. The molecule has 0 aliphatic heterocycles. The molecule has 0 saturated carbocycles. The molecule has 0 unspecified atom stereocenters. The van der Waals surface area contributed by atoms with E-state index in [1.807, 2.05) is 11.4 Å². The number of halogens is 1. The van der Waals surface area contributed by atoms with Gasteiger partial charge in [0.25, 0.3) is 0 Å². The number of rotatable bonds is 2. The summed E-state index contributed by atoms with van der Waals surface area (Å²) in [6.45, 7) is 0. The number of anilines is 1. The number of benzene rings is 1. The minimum Gasteiger partial charge on any atom is -0.419 e. The van der Waals surface area contributed by atoms with Gasteiger partial charge >= 0.3 is 6.01 Å². The Morgan fingerprint density at radius 1 is 1.28 bits per heavy atom. The molecule has 18 heavy (non-hydrogen) atoms. The summed E-state index contributed by atoms with van der Waals surface area (Å²) in [7, 11) is 0. The maximum atomic E-state index is 13.5. The highest BCUT2D eigenvalue weighted by molar-refractivity contribution is 7.16. The van der Waals surface area contributed by atoms with Crippen LogP contribution in [0.1, 0.15) is 0 Å². The third kappa shape index (κ3) is 1.86. The SMILES string of the molecule is Nc1cccc(F)c1Oc1ncc2ccsc2n1. The van der Waals surface area contributed by atoms with Crippen molar-refractivity contribution < 1.29 is 9.13 Å². The minimum atomic E-state index is -0.537. The first-order valence-electron chi connectivity index (χ1n) is 5.16. The first kappa shape index (κ1) is 10.9. The lowest BCUT2D eigenvalue weighted by molar-refractivity contribution is 0.415. The maximum absolute atomic E-state index is 13.5. The van der Waals surface area contributed by atoms with Crippen molar-refractivity contribution in [3.63, 3.8) is 0 Å². The standard InChI is InChI=1S/C12H8FN3OS/c13-8-2-1-3-9(14)10(8)17-12-15-6-7-4-5-18-11(7)16-12/h1-6H,14H2. The van der Waals surface area contributed by atoms with Gasteiger partial charge in [-0.15, -0.1) is 11.3 Å². The van der Waals surface area contributed by atoms with Crippen molar-refractivity contribution in [1.82, 2.24) is 9.97 Å². The molecule has 90 valence electrons. The number of nitrogen functional groups attached to an aromatic ring is 1. The predicted molar refractivity (Wildman–Crippen MR) is 68.3 cm³/mol. The zero-order valence-electron chi connectivity index (χ0n) is 9.13. The molecule has 2 aromatic heterocycles. The molecule has 0 aliphatic carbocycles. The molecular formula is C12H8FN3OS. The van der Waals surface area contributed by atoms with Crippen molar-refractivity contribution in [3.05, 3.63) is 41.7 Å². The molecule has 0 atom stereocenters. The van der Waals surface area contributed by atoms with Crippen molar-refractivity contribution in [2.75, 3.05) is 5.73 Å². The van der Waals surface area contributed by atoms with E-state index in [-0.39, 0.29) is 17.4 Å². The Balaban J connectivity index is 2.00. The maximum Gasteiger partial charge on any atom is 0.323 e. The Labute approximate surface area is 106 Å². The fourth-order valence-corrected chi connectivity index (χ4v) is 2.25. The molecule has 3 aromatic rings. The number of hydrogen-bond acceptors (Lipinski definition) is 5. The van der Waals surface area contributed by atoms with Crippen LogP contribution in [0.5, 0.6) is 11.8 Å². The number of para-hydroxylation sites is 1. The smallest absolute Gasteiger partial charge is 0.323 e. The molecule has 2 heterocycles. The summed E-state index contributed by atoms with van der Waals surface area (Å²) in [6, 6.07) is 6.33. The molecule has 1 aromatic carbocycles. The highest BCUT2D eigenvalue weighted by Gasteiger charge is 2.11. The molecule has 2 N–H and O–H groups in total. The van der Waals surface area contributed by atoms with Gasteiger partial charge in [0.15, 0.2) is 11.6 Å². The summed E-state index contributed by atoms with van der Waals surface area (Å²) < 4.78 is 18.8. The summed E-state index contributed by atoms with van der Waals surface area (Å²) in [4.78, 5) is 8.97. The van der Waals surface area contributed by atoms with Gasteiger partial charge in [0, 0.05) is 11.6 Å². The minimum absolute atomic E-state index is 0.0478. The van der Waals surface area contributed by atoms with Crippen molar-refractivity contribution in [3.8, 4) is 11.8 Å². The Kier molecular flexibility index (Phi) is 2.56. The number of thiophene rings is 1. The zero-order valence-corrected chi connectivity index (χ0v) is 9.95. The lowest BCUT2D eigenvalue weighted by Gasteiger charge is -2.07. The Morgan fingerprint density at radius 2 is 2.17 bits per heavy atom. The van der Waals surface area contributed by atoms with E-state index >= 15 is 0 Å². The van der Waals surface area contributed by atoms with Crippen LogP contribution < -0.4 is 10.5 Å². The van der Waals surface area contributed by atoms with Crippen LogP contribution in [0.3, 0.4) is 0 Å². The van der Waals surface area contributed by atoms with E-state index in [1.165, 1.54) is 23.5 Å². The predicted octanol–water partition coefficient (Wildman–Crippen LogP) is 3.20. The van der Waals surface area contributed by atoms with Crippen molar-refractivity contribution in [2.45, 2.75) is 0 Å². The van der Waals surface area contributed by atoms with Crippen molar-refractivity contribution >= 4 is 27.2 Å². The topological polar surface area (TPSA) is 61.0 Å². The summed E-state index contributed by atoms with van der Waals surface area (Å²) in [5, 5.41) is 2.83. The van der Waals surface area contributed by atoms with Gasteiger partial charge in [0.1, 0.15) is 4.83 Å². The molecule has 0 saturated heterocycles. The second kappa shape index (κ2) is 4.23. The molecule has 0 radical (unpaired) electrons. The first-order chi connectivity index (χ1) is 8.74. The van der Waals surface area contributed by atoms with E-state index in [2.05, 4.69) is 9.97 Å². The second-order valence-corrected chi connectivity index (χ2v) is 4.49. The first-order valence-corrected chi connectivity index (χ1v) is 6.04. The molecule has 0 spiro atoms. The van der Waals surface area contributed by atoms with Gasteiger partial charge in [0.05, 0.1) is 5.69 Å². The van der Waals surface area contributed by atoms with E-state index in [0.717, 1.165) is 10.2 Å². The van der Waals surface area contributed by atoms with Crippen molar-refractivity contribution in [1.29, 1.82) is 0 Å². The van der Waals surface area contributed by atoms with E-state index in [9.17, 15) is 4.39 Å². The number of hydrogen-bond donors (Lipinski definition) is 1. The van der Waals surface area contributed by atoms with Gasteiger partial charge in [-0.25, -0.2) is 9.37 Å². The lowest BCUT2D eigenvalue weighted by atomic mass is 10.3. The van der Waals surface area contributed by atoms with E-state index in [1.54, 1.807) is 12.3 Å². The van der Waals surface area contributed by atoms with E-state index in [4.69, 9.17) is 10.5 Å². The van der Waals surface area contributed by atoms with Crippen molar-refractivity contribution in [2.24, 2.45) is 0 Å². The molecule has 0 amide bonds. The van der Waals surface area contributed by atoms with Crippen LogP contribution in [0.2, 0.25) is 0 Å². The monoisotopic (exact) mass is 261 g/mol. The normalized spacial score (nSPS) is 10.7. The van der Waals surface area contributed by atoms with Crippen LogP contribution in [0, 0.1) is 5.82 Å². The van der Waals surface area contributed by atoms with Crippen LogP contribution in [0.4, 0.5) is 10.1 Å². The number of ether oxygens (including phenoxy) is 1.